The van der Waals surface area contributed by atoms with Crippen LogP contribution in [-0.4, -0.2) is 22.0 Å². The summed E-state index contributed by atoms with van der Waals surface area (Å²) in [7, 11) is 0. The topological polar surface area (TPSA) is 29.9 Å². The zero-order valence-corrected chi connectivity index (χ0v) is 11.2. The number of alkyl halides is 3. The molecule has 0 radical (unpaired) electrons. The van der Waals surface area contributed by atoms with Crippen LogP contribution in [-0.2, 0) is 0 Å². The van der Waals surface area contributed by atoms with E-state index in [1.165, 1.54) is 0 Å². The van der Waals surface area contributed by atoms with Crippen LogP contribution >= 0.6 is 0 Å². The van der Waals surface area contributed by atoms with Crippen molar-refractivity contribution in [3.8, 4) is 0 Å². The van der Waals surface area contributed by atoms with E-state index in [-0.39, 0.29) is 24.9 Å². The van der Waals surface area contributed by atoms with Gasteiger partial charge in [0.2, 0.25) is 0 Å². The van der Waals surface area contributed by atoms with Crippen molar-refractivity contribution in [2.24, 2.45) is 5.92 Å². The predicted octanol–water partition coefficient (Wildman–Crippen LogP) is 4.00. The van der Waals surface area contributed by atoms with Crippen molar-refractivity contribution in [3.05, 3.63) is 12.4 Å². The number of rotatable bonds is 3. The standard InChI is InChI=1S/C13H20F3N3/c1-9(2)19-8-12(7-17-19)18-11-5-3-4-10(6-11)13(14,15)16/h7-11,18H,3-6H2,1-2H3. The van der Waals surface area contributed by atoms with Gasteiger partial charge in [0.1, 0.15) is 0 Å². The highest BCUT2D eigenvalue weighted by Crippen LogP contribution is 2.38. The molecule has 0 saturated heterocycles. The summed E-state index contributed by atoms with van der Waals surface area (Å²) in [6.45, 7) is 4.02. The van der Waals surface area contributed by atoms with Crippen LogP contribution in [0.3, 0.4) is 0 Å². The number of nitrogens with one attached hydrogen (secondary N) is 1. The zero-order chi connectivity index (χ0) is 14.0. The molecule has 1 aliphatic carbocycles. The molecule has 0 amide bonds. The molecule has 0 aromatic carbocycles. The van der Waals surface area contributed by atoms with E-state index in [1.807, 2.05) is 20.0 Å². The molecule has 108 valence electrons. The Bertz CT molecular complexity index is 412. The molecule has 0 spiro atoms. The van der Waals surface area contributed by atoms with Crippen molar-refractivity contribution in [1.82, 2.24) is 9.78 Å². The average molecular weight is 275 g/mol. The van der Waals surface area contributed by atoms with Gasteiger partial charge in [-0.05, 0) is 33.1 Å². The van der Waals surface area contributed by atoms with E-state index in [4.69, 9.17) is 0 Å². The maximum absolute atomic E-state index is 12.7. The lowest BCUT2D eigenvalue weighted by atomic mass is 9.85. The predicted molar refractivity (Wildman–Crippen MR) is 68.0 cm³/mol. The summed E-state index contributed by atoms with van der Waals surface area (Å²) < 4.78 is 40.0. The Kier molecular flexibility index (Phi) is 4.06. The van der Waals surface area contributed by atoms with Gasteiger partial charge in [0.05, 0.1) is 17.8 Å². The molecular weight excluding hydrogens is 255 g/mol. The number of anilines is 1. The summed E-state index contributed by atoms with van der Waals surface area (Å²) in [5, 5.41) is 7.36. The summed E-state index contributed by atoms with van der Waals surface area (Å²) in [6.07, 6.45) is 1.30. The van der Waals surface area contributed by atoms with E-state index < -0.39 is 12.1 Å². The van der Waals surface area contributed by atoms with Crippen LogP contribution < -0.4 is 5.32 Å². The molecule has 1 aromatic heterocycles. The van der Waals surface area contributed by atoms with Crippen molar-refractivity contribution in [2.75, 3.05) is 5.32 Å². The Hall–Kier alpha value is -1.20. The van der Waals surface area contributed by atoms with Crippen molar-refractivity contribution in [2.45, 2.75) is 57.8 Å². The number of halogens is 3. The third-order valence-corrected chi connectivity index (χ3v) is 3.64. The van der Waals surface area contributed by atoms with Gasteiger partial charge in [-0.2, -0.15) is 18.3 Å². The Morgan fingerprint density at radius 1 is 1.37 bits per heavy atom. The lowest BCUT2D eigenvalue weighted by molar-refractivity contribution is -0.182. The third-order valence-electron chi connectivity index (χ3n) is 3.64. The van der Waals surface area contributed by atoms with Crippen molar-refractivity contribution >= 4 is 5.69 Å². The summed E-state index contributed by atoms with van der Waals surface area (Å²) in [4.78, 5) is 0. The van der Waals surface area contributed by atoms with Gasteiger partial charge in [-0.25, -0.2) is 0 Å². The highest BCUT2D eigenvalue weighted by atomic mass is 19.4. The first-order valence-electron chi connectivity index (χ1n) is 6.73. The lowest BCUT2D eigenvalue weighted by Gasteiger charge is -2.31. The zero-order valence-electron chi connectivity index (χ0n) is 11.2. The van der Waals surface area contributed by atoms with E-state index in [0.29, 0.717) is 6.42 Å². The normalized spacial score (nSPS) is 24.7. The minimum absolute atomic E-state index is 0.106. The Morgan fingerprint density at radius 3 is 2.68 bits per heavy atom. The number of nitrogens with zero attached hydrogens (tertiary/aromatic N) is 2. The maximum Gasteiger partial charge on any atom is 0.391 e. The highest BCUT2D eigenvalue weighted by molar-refractivity contribution is 5.39. The molecule has 6 heteroatoms. The fourth-order valence-electron chi connectivity index (χ4n) is 2.55. The van der Waals surface area contributed by atoms with E-state index in [2.05, 4.69) is 10.4 Å². The summed E-state index contributed by atoms with van der Waals surface area (Å²) in [5.74, 6) is -1.17. The molecule has 2 rings (SSSR count). The second-order valence-electron chi connectivity index (χ2n) is 5.55. The minimum atomic E-state index is -4.07. The molecule has 1 heterocycles. The molecule has 0 aliphatic heterocycles. The van der Waals surface area contributed by atoms with Crippen LogP contribution in [0.4, 0.5) is 18.9 Å². The molecule has 3 nitrogen and oxygen atoms in total. The molecule has 2 unspecified atom stereocenters. The van der Waals surface area contributed by atoms with E-state index in [0.717, 1.165) is 12.1 Å². The summed E-state index contributed by atoms with van der Waals surface area (Å²) >= 11 is 0. The molecule has 19 heavy (non-hydrogen) atoms. The number of hydrogen-bond donors (Lipinski definition) is 1. The third kappa shape index (κ3) is 3.64. The van der Waals surface area contributed by atoms with Gasteiger partial charge in [0, 0.05) is 18.3 Å². The Morgan fingerprint density at radius 2 is 2.11 bits per heavy atom. The quantitative estimate of drug-likeness (QED) is 0.903. The molecule has 1 fully saturated rings. The number of hydrogen-bond acceptors (Lipinski definition) is 2. The van der Waals surface area contributed by atoms with E-state index in [1.54, 1.807) is 10.9 Å². The van der Waals surface area contributed by atoms with Gasteiger partial charge in [-0.3, -0.25) is 4.68 Å². The van der Waals surface area contributed by atoms with Crippen molar-refractivity contribution in [3.63, 3.8) is 0 Å². The van der Waals surface area contributed by atoms with Crippen LogP contribution in [0.25, 0.3) is 0 Å². The van der Waals surface area contributed by atoms with Crippen LogP contribution in [0.1, 0.15) is 45.6 Å². The van der Waals surface area contributed by atoms with Crippen LogP contribution in [0.2, 0.25) is 0 Å². The van der Waals surface area contributed by atoms with Crippen molar-refractivity contribution < 1.29 is 13.2 Å². The molecule has 1 saturated carbocycles. The van der Waals surface area contributed by atoms with Gasteiger partial charge in [-0.15, -0.1) is 0 Å². The number of aromatic nitrogens is 2. The van der Waals surface area contributed by atoms with Gasteiger partial charge >= 0.3 is 6.18 Å². The highest BCUT2D eigenvalue weighted by Gasteiger charge is 2.42. The first kappa shape index (κ1) is 14.2. The second-order valence-corrected chi connectivity index (χ2v) is 5.55. The first-order valence-corrected chi connectivity index (χ1v) is 6.73. The van der Waals surface area contributed by atoms with Gasteiger partial charge in [-0.1, -0.05) is 6.42 Å². The lowest BCUT2D eigenvalue weighted by Crippen LogP contribution is -2.34. The van der Waals surface area contributed by atoms with Gasteiger partial charge in [0.15, 0.2) is 0 Å². The smallest absolute Gasteiger partial charge is 0.380 e. The van der Waals surface area contributed by atoms with Crippen LogP contribution in [0, 0.1) is 5.92 Å². The molecular formula is C13H20F3N3. The summed E-state index contributed by atoms with van der Waals surface area (Å²) in [6, 6.07) is 0.148. The fourth-order valence-corrected chi connectivity index (χ4v) is 2.55. The first-order chi connectivity index (χ1) is 8.86. The van der Waals surface area contributed by atoms with Gasteiger partial charge in [0.25, 0.3) is 0 Å². The van der Waals surface area contributed by atoms with Crippen LogP contribution in [0.15, 0.2) is 12.4 Å². The van der Waals surface area contributed by atoms with Gasteiger partial charge < -0.3 is 5.32 Å². The van der Waals surface area contributed by atoms with Crippen LogP contribution in [0.5, 0.6) is 0 Å². The fraction of sp³-hybridized carbons (Fsp3) is 0.769. The molecule has 0 bridgehead atoms. The molecule has 1 aliphatic rings. The Labute approximate surface area is 111 Å². The second kappa shape index (κ2) is 5.43. The SMILES string of the molecule is CC(C)n1cc(NC2CCCC(C(F)(F)F)C2)cn1. The van der Waals surface area contributed by atoms with Crippen molar-refractivity contribution in [1.29, 1.82) is 0 Å². The molecule has 1 N–H and O–H groups in total. The van der Waals surface area contributed by atoms with E-state index >= 15 is 0 Å². The minimum Gasteiger partial charge on any atom is -0.380 e. The summed E-state index contributed by atoms with van der Waals surface area (Å²) in [5.41, 5.74) is 0.807. The Balaban J connectivity index is 1.95. The van der Waals surface area contributed by atoms with E-state index in [9.17, 15) is 13.2 Å². The maximum atomic E-state index is 12.7. The average Bonchev–Trinajstić information content (AvgIpc) is 2.77. The molecule has 2 atom stereocenters. The largest absolute Gasteiger partial charge is 0.391 e. The monoisotopic (exact) mass is 275 g/mol. The molecule has 1 aromatic rings.